The molecule has 0 aliphatic heterocycles. The molecule has 0 radical (unpaired) electrons. The van der Waals surface area contributed by atoms with Gasteiger partial charge in [-0.15, -0.1) is 16.4 Å². The topological polar surface area (TPSA) is 82.2 Å². The largest absolute Gasteiger partial charge is 0.277 e. The molecule has 0 amide bonds. The van der Waals surface area contributed by atoms with E-state index in [2.05, 4.69) is 15.3 Å². The van der Waals surface area contributed by atoms with Crippen LogP contribution in [0.5, 0.6) is 0 Å². The molecule has 7 nitrogen and oxygen atoms in total. The first-order valence-corrected chi connectivity index (χ1v) is 7.81. The molecule has 0 unspecified atom stereocenters. The molecule has 114 valence electrons. The van der Waals surface area contributed by atoms with E-state index in [4.69, 9.17) is 0 Å². The van der Waals surface area contributed by atoms with E-state index in [-0.39, 0.29) is 17.7 Å². The second-order valence-electron chi connectivity index (χ2n) is 5.15. The highest BCUT2D eigenvalue weighted by Gasteiger charge is 2.10. The van der Waals surface area contributed by atoms with Gasteiger partial charge in [0.25, 0.3) is 11.1 Å². The quantitative estimate of drug-likeness (QED) is 0.553. The molecule has 4 aromatic rings. The van der Waals surface area contributed by atoms with Crippen LogP contribution in [0, 0.1) is 6.92 Å². The molecule has 1 aromatic carbocycles. The first-order valence-electron chi connectivity index (χ1n) is 6.93. The summed E-state index contributed by atoms with van der Waals surface area (Å²) in [5.74, 6) is 0. The van der Waals surface area contributed by atoms with Crippen LogP contribution in [0.15, 0.2) is 45.3 Å². The molecule has 0 saturated heterocycles. The molecular formula is C15H11N5O2S. The Kier molecular flexibility index (Phi) is 3.05. The number of thiazole rings is 1. The third kappa shape index (κ3) is 2.23. The molecule has 4 rings (SSSR count). The molecule has 0 N–H and O–H groups in total. The second-order valence-corrected chi connectivity index (χ2v) is 5.99. The summed E-state index contributed by atoms with van der Waals surface area (Å²) in [5.41, 5.74) is 1.47. The minimum Gasteiger partial charge on any atom is -0.269 e. The van der Waals surface area contributed by atoms with Gasteiger partial charge in [-0.3, -0.25) is 14.0 Å². The van der Waals surface area contributed by atoms with E-state index < -0.39 is 0 Å². The van der Waals surface area contributed by atoms with Gasteiger partial charge in [0, 0.05) is 17.1 Å². The predicted octanol–water partition coefficient (Wildman–Crippen LogP) is 1.22. The van der Waals surface area contributed by atoms with E-state index in [0.717, 1.165) is 5.69 Å². The van der Waals surface area contributed by atoms with Gasteiger partial charge >= 0.3 is 0 Å². The third-order valence-corrected chi connectivity index (χ3v) is 4.51. The van der Waals surface area contributed by atoms with Crippen molar-refractivity contribution in [2.45, 2.75) is 13.5 Å². The Hall–Kier alpha value is -2.87. The molecule has 0 saturated carbocycles. The van der Waals surface area contributed by atoms with E-state index in [9.17, 15) is 9.59 Å². The number of hydrogen-bond donors (Lipinski definition) is 0. The summed E-state index contributed by atoms with van der Waals surface area (Å²) in [5, 5.41) is 10.3. The molecule has 0 aliphatic rings. The van der Waals surface area contributed by atoms with Crippen LogP contribution in [-0.4, -0.2) is 24.4 Å². The van der Waals surface area contributed by atoms with Crippen LogP contribution in [0.1, 0.15) is 11.4 Å². The highest BCUT2D eigenvalue weighted by atomic mass is 32.1. The Bertz CT molecular complexity index is 1160. The normalized spacial score (nSPS) is 11.3. The number of rotatable bonds is 2. The van der Waals surface area contributed by atoms with Crippen molar-refractivity contribution in [1.29, 1.82) is 0 Å². The molecule has 0 aliphatic carbocycles. The highest BCUT2D eigenvalue weighted by Crippen LogP contribution is 2.11. The van der Waals surface area contributed by atoms with Gasteiger partial charge in [0.1, 0.15) is 5.52 Å². The zero-order chi connectivity index (χ0) is 16.0. The standard InChI is InChI=1S/C15H11N5O2S/c1-9-8-23-15-16-10(6-13(21)20(9)15)7-19-14(22)11-4-2-3-5-12(11)17-18-19/h2-6,8H,7H2,1H3. The van der Waals surface area contributed by atoms with Crippen molar-refractivity contribution < 1.29 is 0 Å². The van der Waals surface area contributed by atoms with E-state index in [1.807, 2.05) is 12.3 Å². The molecule has 0 fully saturated rings. The zero-order valence-corrected chi connectivity index (χ0v) is 12.9. The Morgan fingerprint density at radius 1 is 1.22 bits per heavy atom. The van der Waals surface area contributed by atoms with Gasteiger partial charge in [0.15, 0.2) is 4.96 Å². The van der Waals surface area contributed by atoms with Crippen molar-refractivity contribution in [1.82, 2.24) is 24.4 Å². The molecule has 0 bridgehead atoms. The van der Waals surface area contributed by atoms with Crippen molar-refractivity contribution in [2.75, 3.05) is 0 Å². The zero-order valence-electron chi connectivity index (χ0n) is 12.1. The van der Waals surface area contributed by atoms with Gasteiger partial charge < -0.3 is 0 Å². The van der Waals surface area contributed by atoms with Crippen molar-refractivity contribution in [3.05, 3.63) is 67.8 Å². The van der Waals surface area contributed by atoms with Crippen LogP contribution in [0.25, 0.3) is 15.9 Å². The minimum atomic E-state index is -0.250. The van der Waals surface area contributed by atoms with Crippen LogP contribution in [0.4, 0.5) is 0 Å². The monoisotopic (exact) mass is 325 g/mol. The van der Waals surface area contributed by atoms with Gasteiger partial charge in [-0.2, -0.15) is 0 Å². The predicted molar refractivity (Wildman–Crippen MR) is 87.0 cm³/mol. The Morgan fingerprint density at radius 3 is 2.91 bits per heavy atom. The summed E-state index contributed by atoms with van der Waals surface area (Å²) < 4.78 is 2.77. The summed E-state index contributed by atoms with van der Waals surface area (Å²) in [4.78, 5) is 29.6. The van der Waals surface area contributed by atoms with Crippen LogP contribution >= 0.6 is 11.3 Å². The van der Waals surface area contributed by atoms with Crippen molar-refractivity contribution >= 4 is 27.2 Å². The highest BCUT2D eigenvalue weighted by molar-refractivity contribution is 7.15. The Labute approximate surface area is 133 Å². The lowest BCUT2D eigenvalue weighted by molar-refractivity contribution is 0.591. The summed E-state index contributed by atoms with van der Waals surface area (Å²) in [6, 6.07) is 8.45. The molecule has 0 atom stereocenters. The van der Waals surface area contributed by atoms with Gasteiger partial charge in [0.2, 0.25) is 0 Å². The summed E-state index contributed by atoms with van der Waals surface area (Å²) in [6.07, 6.45) is 0. The Morgan fingerprint density at radius 2 is 2.04 bits per heavy atom. The average molecular weight is 325 g/mol. The van der Waals surface area contributed by atoms with Crippen LogP contribution < -0.4 is 11.1 Å². The molecule has 3 aromatic heterocycles. The molecule has 0 spiro atoms. The summed E-state index contributed by atoms with van der Waals surface area (Å²) >= 11 is 1.39. The lowest BCUT2D eigenvalue weighted by atomic mass is 10.2. The fraction of sp³-hybridized carbons (Fsp3) is 0.133. The van der Waals surface area contributed by atoms with Crippen molar-refractivity contribution in [3.63, 3.8) is 0 Å². The van der Waals surface area contributed by atoms with E-state index >= 15 is 0 Å². The molecule has 8 heteroatoms. The first kappa shape index (κ1) is 13.8. The average Bonchev–Trinajstić information content (AvgIpc) is 2.92. The summed E-state index contributed by atoms with van der Waals surface area (Å²) in [7, 11) is 0. The van der Waals surface area contributed by atoms with Gasteiger partial charge in [-0.05, 0) is 19.1 Å². The van der Waals surface area contributed by atoms with Crippen LogP contribution in [0.3, 0.4) is 0 Å². The first-order chi connectivity index (χ1) is 11.1. The van der Waals surface area contributed by atoms with E-state index in [1.54, 1.807) is 28.7 Å². The number of fused-ring (bicyclic) bond motifs is 2. The number of aromatic nitrogens is 5. The minimum absolute atomic E-state index is 0.110. The van der Waals surface area contributed by atoms with Crippen LogP contribution in [-0.2, 0) is 6.54 Å². The fourth-order valence-corrected chi connectivity index (χ4v) is 3.35. The van der Waals surface area contributed by atoms with Crippen LogP contribution in [0.2, 0.25) is 0 Å². The maximum atomic E-state index is 12.4. The fourth-order valence-electron chi connectivity index (χ4n) is 2.46. The van der Waals surface area contributed by atoms with Gasteiger partial charge in [0.05, 0.1) is 17.6 Å². The lowest BCUT2D eigenvalue weighted by Crippen LogP contribution is -2.26. The smallest absolute Gasteiger partial charge is 0.269 e. The molecule has 23 heavy (non-hydrogen) atoms. The SMILES string of the molecule is Cc1csc2nc(Cn3nnc4ccccc4c3=O)cc(=O)n12. The Balaban J connectivity index is 1.83. The summed E-state index contributed by atoms with van der Waals surface area (Å²) in [6.45, 7) is 1.96. The second kappa shape index (κ2) is 5.10. The lowest BCUT2D eigenvalue weighted by Gasteiger charge is -2.05. The third-order valence-electron chi connectivity index (χ3n) is 3.57. The number of nitrogens with zero attached hydrogens (tertiary/aromatic N) is 5. The van der Waals surface area contributed by atoms with E-state index in [1.165, 1.54) is 22.1 Å². The number of benzene rings is 1. The molecule has 3 heterocycles. The van der Waals surface area contributed by atoms with Crippen molar-refractivity contribution in [2.24, 2.45) is 0 Å². The van der Waals surface area contributed by atoms with E-state index in [0.29, 0.717) is 21.6 Å². The maximum Gasteiger partial charge on any atom is 0.277 e. The van der Waals surface area contributed by atoms with Gasteiger partial charge in [-0.1, -0.05) is 17.3 Å². The van der Waals surface area contributed by atoms with Crippen molar-refractivity contribution in [3.8, 4) is 0 Å². The molecular weight excluding hydrogens is 314 g/mol. The number of hydrogen-bond acceptors (Lipinski definition) is 6. The van der Waals surface area contributed by atoms with Gasteiger partial charge in [-0.25, -0.2) is 9.67 Å². The maximum absolute atomic E-state index is 12.4. The number of aryl methyl sites for hydroxylation is 1.